The molecule has 0 amide bonds. The van der Waals surface area contributed by atoms with Crippen molar-refractivity contribution in [3.05, 3.63) is 52.5 Å². The summed E-state index contributed by atoms with van der Waals surface area (Å²) in [7, 11) is 4.33. The molecule has 2 aromatic rings. The van der Waals surface area contributed by atoms with E-state index in [0.717, 1.165) is 42.4 Å². The quantitative estimate of drug-likeness (QED) is 0.890. The van der Waals surface area contributed by atoms with Crippen LogP contribution in [0.25, 0.3) is 10.8 Å². The number of likely N-dealkylation sites (tertiary alicyclic amines) is 1. The molecule has 144 valence electrons. The van der Waals surface area contributed by atoms with Crippen molar-refractivity contribution in [3.63, 3.8) is 0 Å². The van der Waals surface area contributed by atoms with Gasteiger partial charge in [-0.3, -0.25) is 14.6 Å². The summed E-state index contributed by atoms with van der Waals surface area (Å²) in [5, 5.41) is 8.41. The molecule has 7 heteroatoms. The third-order valence-electron chi connectivity index (χ3n) is 5.92. The number of amidine groups is 1. The fourth-order valence-corrected chi connectivity index (χ4v) is 4.32. The van der Waals surface area contributed by atoms with Gasteiger partial charge in [-0.15, -0.1) is 0 Å². The summed E-state index contributed by atoms with van der Waals surface area (Å²) in [6.07, 6.45) is 8.69. The number of fused-ring (bicyclic) bond motifs is 2. The van der Waals surface area contributed by atoms with E-state index < -0.39 is 0 Å². The van der Waals surface area contributed by atoms with Crippen LogP contribution in [0.4, 0.5) is 11.5 Å². The Balaban J connectivity index is 1.43. The van der Waals surface area contributed by atoms with Gasteiger partial charge in [0.2, 0.25) is 0 Å². The van der Waals surface area contributed by atoms with Crippen LogP contribution in [0.15, 0.2) is 51.9 Å². The van der Waals surface area contributed by atoms with Gasteiger partial charge in [-0.25, -0.2) is 10.1 Å². The molecule has 1 saturated heterocycles. The first kappa shape index (κ1) is 17.3. The number of hydrogen-bond donors (Lipinski definition) is 1. The van der Waals surface area contributed by atoms with Crippen LogP contribution in [0.5, 0.6) is 0 Å². The third kappa shape index (κ3) is 2.87. The number of anilines is 1. The molecule has 1 aromatic heterocycles. The maximum Gasteiger partial charge on any atom is 0.272 e. The van der Waals surface area contributed by atoms with Crippen molar-refractivity contribution in [2.45, 2.75) is 18.9 Å². The van der Waals surface area contributed by atoms with Crippen molar-refractivity contribution in [1.29, 1.82) is 0 Å². The van der Waals surface area contributed by atoms with E-state index >= 15 is 0 Å². The lowest BCUT2D eigenvalue weighted by atomic mass is 10.0. The first-order valence-electron chi connectivity index (χ1n) is 9.77. The number of aromatic nitrogens is 2. The van der Waals surface area contributed by atoms with Crippen molar-refractivity contribution < 1.29 is 0 Å². The molecule has 1 N–H and O–H groups in total. The zero-order chi connectivity index (χ0) is 19.3. The topological polar surface area (TPSA) is 67.8 Å². The Bertz CT molecular complexity index is 1070. The molecule has 0 saturated carbocycles. The molecular formula is C21H24N6O. The predicted octanol–water partition coefficient (Wildman–Crippen LogP) is 2.25. The van der Waals surface area contributed by atoms with Crippen molar-refractivity contribution in [3.8, 4) is 0 Å². The van der Waals surface area contributed by atoms with Crippen LogP contribution in [-0.2, 0) is 0 Å². The average Bonchev–Trinajstić information content (AvgIpc) is 2.71. The van der Waals surface area contributed by atoms with Crippen LogP contribution in [0, 0.1) is 0 Å². The average molecular weight is 376 g/mol. The Labute approximate surface area is 163 Å². The Morgan fingerprint density at radius 3 is 2.82 bits per heavy atom. The molecule has 4 heterocycles. The van der Waals surface area contributed by atoms with Crippen LogP contribution in [-0.4, -0.2) is 65.6 Å². The van der Waals surface area contributed by atoms with E-state index in [1.54, 1.807) is 0 Å². The van der Waals surface area contributed by atoms with Gasteiger partial charge < -0.3 is 4.90 Å². The van der Waals surface area contributed by atoms with Gasteiger partial charge in [0.1, 0.15) is 5.84 Å². The highest BCUT2D eigenvalue weighted by molar-refractivity contribution is 6.18. The first-order chi connectivity index (χ1) is 13.6. The second-order valence-electron chi connectivity index (χ2n) is 7.92. The zero-order valence-corrected chi connectivity index (χ0v) is 16.2. The molecule has 7 nitrogen and oxygen atoms in total. The Morgan fingerprint density at radius 2 is 2.04 bits per heavy atom. The SMILES string of the molecule is CN(C)C1CCN(CC2=CN3C(=Nc4cccc5c(=O)[nH]nc3c45)C=C2)CC1. The van der Waals surface area contributed by atoms with Crippen molar-refractivity contribution in [2.75, 3.05) is 38.6 Å². The highest BCUT2D eigenvalue weighted by atomic mass is 16.1. The Hall–Kier alpha value is -2.77. The minimum Gasteiger partial charge on any atom is -0.306 e. The zero-order valence-electron chi connectivity index (χ0n) is 16.2. The molecule has 1 fully saturated rings. The fraction of sp³-hybridized carbons (Fsp3) is 0.381. The minimum atomic E-state index is -0.181. The fourth-order valence-electron chi connectivity index (χ4n) is 4.32. The maximum atomic E-state index is 12.2. The normalized spacial score (nSPS) is 19.8. The molecule has 0 radical (unpaired) electrons. The lowest BCUT2D eigenvalue weighted by Crippen LogP contribution is -2.42. The summed E-state index contributed by atoms with van der Waals surface area (Å²) in [6.45, 7) is 3.13. The van der Waals surface area contributed by atoms with E-state index in [1.165, 1.54) is 18.4 Å². The van der Waals surface area contributed by atoms with Crippen LogP contribution in [0.3, 0.4) is 0 Å². The molecule has 0 unspecified atom stereocenters. The summed E-state index contributed by atoms with van der Waals surface area (Å²) < 4.78 is 0. The van der Waals surface area contributed by atoms with Crippen molar-refractivity contribution >= 4 is 28.1 Å². The van der Waals surface area contributed by atoms with Gasteiger partial charge >= 0.3 is 0 Å². The summed E-state index contributed by atoms with van der Waals surface area (Å²) in [6, 6.07) is 6.30. The number of H-pyrrole nitrogens is 1. The Kier molecular flexibility index (Phi) is 4.14. The summed E-state index contributed by atoms with van der Waals surface area (Å²) in [5.41, 5.74) is 1.84. The highest BCUT2D eigenvalue weighted by Gasteiger charge is 2.26. The standard InChI is InChI=1S/C21H24N6O/c1-25(2)15-8-10-26(11-9-15)12-14-6-7-18-22-17-5-3-4-16-19(17)20(27(18)13-14)23-24-21(16)28/h3-7,13,15H,8-12H2,1-2H3,(H,24,28). The largest absolute Gasteiger partial charge is 0.306 e. The summed E-state index contributed by atoms with van der Waals surface area (Å²) in [4.78, 5) is 23.7. The number of benzene rings is 1. The molecule has 0 atom stereocenters. The van der Waals surface area contributed by atoms with E-state index in [0.29, 0.717) is 11.4 Å². The van der Waals surface area contributed by atoms with E-state index in [4.69, 9.17) is 4.99 Å². The van der Waals surface area contributed by atoms with Gasteiger partial charge in [-0.2, -0.15) is 5.10 Å². The molecule has 5 rings (SSSR count). The first-order valence-corrected chi connectivity index (χ1v) is 9.77. The number of aromatic amines is 1. The van der Waals surface area contributed by atoms with Crippen LogP contribution < -0.4 is 10.5 Å². The molecule has 28 heavy (non-hydrogen) atoms. The summed E-state index contributed by atoms with van der Waals surface area (Å²) >= 11 is 0. The highest BCUT2D eigenvalue weighted by Crippen LogP contribution is 2.37. The van der Waals surface area contributed by atoms with Gasteiger partial charge in [-0.05, 0) is 63.8 Å². The second kappa shape index (κ2) is 6.68. The molecule has 3 aliphatic heterocycles. The lowest BCUT2D eigenvalue weighted by molar-refractivity contribution is 0.153. The van der Waals surface area contributed by atoms with E-state index in [-0.39, 0.29) is 5.56 Å². The minimum absolute atomic E-state index is 0.181. The molecule has 1 aromatic carbocycles. The smallest absolute Gasteiger partial charge is 0.272 e. The van der Waals surface area contributed by atoms with Gasteiger partial charge in [0.15, 0.2) is 5.82 Å². The molecule has 3 aliphatic rings. The van der Waals surface area contributed by atoms with E-state index in [9.17, 15) is 4.79 Å². The molecule has 0 spiro atoms. The van der Waals surface area contributed by atoms with E-state index in [2.05, 4.69) is 46.4 Å². The van der Waals surface area contributed by atoms with E-state index in [1.807, 2.05) is 29.2 Å². The van der Waals surface area contributed by atoms with Crippen LogP contribution in [0.1, 0.15) is 12.8 Å². The van der Waals surface area contributed by atoms with Crippen molar-refractivity contribution in [2.24, 2.45) is 4.99 Å². The predicted molar refractivity (Wildman–Crippen MR) is 112 cm³/mol. The lowest BCUT2D eigenvalue weighted by Gasteiger charge is -2.36. The number of hydrogen-bond acceptors (Lipinski definition) is 6. The van der Waals surface area contributed by atoms with Crippen LogP contribution in [0.2, 0.25) is 0 Å². The number of nitrogens with one attached hydrogen (secondary N) is 1. The number of piperidine rings is 1. The molecule has 0 bridgehead atoms. The second-order valence-corrected chi connectivity index (χ2v) is 7.92. The summed E-state index contributed by atoms with van der Waals surface area (Å²) in [5.74, 6) is 1.57. The van der Waals surface area contributed by atoms with Gasteiger partial charge in [0, 0.05) is 18.8 Å². The van der Waals surface area contributed by atoms with Gasteiger partial charge in [-0.1, -0.05) is 12.1 Å². The van der Waals surface area contributed by atoms with Gasteiger partial charge in [0.25, 0.3) is 5.56 Å². The number of aliphatic imine (C=N–C) groups is 1. The third-order valence-corrected chi connectivity index (χ3v) is 5.92. The molecular weight excluding hydrogens is 352 g/mol. The Morgan fingerprint density at radius 1 is 1.21 bits per heavy atom. The maximum absolute atomic E-state index is 12.2. The van der Waals surface area contributed by atoms with Gasteiger partial charge in [0.05, 0.1) is 16.5 Å². The molecule has 0 aliphatic carbocycles. The number of rotatable bonds is 3. The monoisotopic (exact) mass is 376 g/mol. The van der Waals surface area contributed by atoms with Crippen LogP contribution >= 0.6 is 0 Å². The van der Waals surface area contributed by atoms with Crippen molar-refractivity contribution in [1.82, 2.24) is 20.0 Å². The number of nitrogens with zero attached hydrogens (tertiary/aromatic N) is 5.